The van der Waals surface area contributed by atoms with Crippen molar-refractivity contribution in [3.8, 4) is 0 Å². The predicted molar refractivity (Wildman–Crippen MR) is 79.2 cm³/mol. The molecule has 0 aliphatic carbocycles. The van der Waals surface area contributed by atoms with Crippen molar-refractivity contribution >= 4 is 5.78 Å². The number of carbonyl (C=O) groups is 1. The zero-order chi connectivity index (χ0) is 13.8. The van der Waals surface area contributed by atoms with Gasteiger partial charge in [0.05, 0.1) is 5.69 Å². The molecular formula is C16H29NO. The first-order chi connectivity index (χ1) is 8.65. The van der Waals surface area contributed by atoms with E-state index in [2.05, 4.69) is 25.8 Å². The maximum atomic E-state index is 11.0. The summed E-state index contributed by atoms with van der Waals surface area (Å²) in [4.78, 5) is 14.1. The summed E-state index contributed by atoms with van der Waals surface area (Å²) in [6.07, 6.45) is 10.8. The summed E-state index contributed by atoms with van der Waals surface area (Å²) in [5.41, 5.74) is 2.00. The molecule has 0 aromatic carbocycles. The number of aryl methyl sites for hydroxylation is 1. The number of unbranched alkanes of at least 4 members (excludes halogenated alkanes) is 4. The van der Waals surface area contributed by atoms with Gasteiger partial charge in [-0.2, -0.15) is 0 Å². The third kappa shape index (κ3) is 8.10. The Labute approximate surface area is 112 Å². The smallest absolute Gasteiger partial charge is 0.175 e. The van der Waals surface area contributed by atoms with Crippen molar-refractivity contribution in [1.29, 1.82) is 0 Å². The van der Waals surface area contributed by atoms with Crippen molar-refractivity contribution in [2.24, 2.45) is 0 Å². The Kier molecular flexibility index (Phi) is 10.4. The number of H-pyrrole nitrogens is 1. The van der Waals surface area contributed by atoms with E-state index in [0.29, 0.717) is 0 Å². The Bertz CT molecular complexity index is 315. The van der Waals surface area contributed by atoms with E-state index in [1.807, 2.05) is 12.3 Å². The highest BCUT2D eigenvalue weighted by Gasteiger charge is 2.02. The number of rotatable bonds is 7. The molecule has 0 amide bonds. The molecule has 0 saturated heterocycles. The fraction of sp³-hybridized carbons (Fsp3) is 0.688. The molecule has 0 atom stereocenters. The van der Waals surface area contributed by atoms with Crippen molar-refractivity contribution in [1.82, 2.24) is 4.98 Å². The third-order valence-corrected chi connectivity index (χ3v) is 2.69. The van der Waals surface area contributed by atoms with Crippen LogP contribution in [0.3, 0.4) is 0 Å². The lowest BCUT2D eigenvalue weighted by Gasteiger charge is -1.97. The largest absolute Gasteiger partial charge is 0.359 e. The summed E-state index contributed by atoms with van der Waals surface area (Å²) >= 11 is 0. The molecule has 1 aromatic heterocycles. The number of hydrogen-bond donors (Lipinski definition) is 1. The van der Waals surface area contributed by atoms with E-state index in [9.17, 15) is 4.79 Å². The van der Waals surface area contributed by atoms with Gasteiger partial charge in [-0.25, -0.2) is 0 Å². The van der Waals surface area contributed by atoms with Gasteiger partial charge in [0.1, 0.15) is 0 Å². The van der Waals surface area contributed by atoms with Crippen LogP contribution in [0.15, 0.2) is 12.3 Å². The highest BCUT2D eigenvalue weighted by atomic mass is 16.1. The van der Waals surface area contributed by atoms with Crippen LogP contribution < -0.4 is 0 Å². The van der Waals surface area contributed by atoms with Crippen LogP contribution in [-0.4, -0.2) is 10.8 Å². The second-order valence-corrected chi connectivity index (χ2v) is 4.85. The highest BCUT2D eigenvalue weighted by molar-refractivity contribution is 5.92. The molecule has 1 rings (SSSR count). The van der Waals surface area contributed by atoms with E-state index in [-0.39, 0.29) is 5.78 Å². The third-order valence-electron chi connectivity index (χ3n) is 2.69. The SMILES string of the molecule is CCC.CCCCCCCc1c[nH]c(C(C)=O)c1. The fourth-order valence-electron chi connectivity index (χ4n) is 1.72. The molecule has 0 radical (unpaired) electrons. The Morgan fingerprint density at radius 2 is 1.72 bits per heavy atom. The van der Waals surface area contributed by atoms with Gasteiger partial charge in [-0.15, -0.1) is 0 Å². The van der Waals surface area contributed by atoms with Gasteiger partial charge in [0.15, 0.2) is 5.78 Å². The normalized spacial score (nSPS) is 9.78. The number of ketones is 1. The van der Waals surface area contributed by atoms with Crippen LogP contribution in [-0.2, 0) is 6.42 Å². The first-order valence-electron chi connectivity index (χ1n) is 7.33. The average Bonchev–Trinajstić information content (AvgIpc) is 2.79. The molecule has 0 spiro atoms. The Balaban J connectivity index is 0.000000873. The summed E-state index contributed by atoms with van der Waals surface area (Å²) in [6, 6.07) is 1.97. The van der Waals surface area contributed by atoms with E-state index in [4.69, 9.17) is 0 Å². The fourth-order valence-corrected chi connectivity index (χ4v) is 1.72. The van der Waals surface area contributed by atoms with Crippen molar-refractivity contribution in [2.45, 2.75) is 72.6 Å². The molecule has 104 valence electrons. The molecule has 0 fully saturated rings. The van der Waals surface area contributed by atoms with Crippen LogP contribution in [0.5, 0.6) is 0 Å². The Hall–Kier alpha value is -1.05. The lowest BCUT2D eigenvalue weighted by molar-refractivity contribution is 0.101. The van der Waals surface area contributed by atoms with Crippen molar-refractivity contribution in [3.05, 3.63) is 23.5 Å². The van der Waals surface area contributed by atoms with Gasteiger partial charge < -0.3 is 4.98 Å². The highest BCUT2D eigenvalue weighted by Crippen LogP contribution is 2.10. The van der Waals surface area contributed by atoms with Gasteiger partial charge in [0.2, 0.25) is 0 Å². The first-order valence-corrected chi connectivity index (χ1v) is 7.33. The van der Waals surface area contributed by atoms with Crippen molar-refractivity contribution < 1.29 is 4.79 Å². The molecular weight excluding hydrogens is 222 g/mol. The van der Waals surface area contributed by atoms with E-state index in [1.165, 1.54) is 44.1 Å². The summed E-state index contributed by atoms with van der Waals surface area (Å²) in [6.45, 7) is 8.07. The van der Waals surface area contributed by atoms with Crippen molar-refractivity contribution in [2.75, 3.05) is 0 Å². The number of Topliss-reactive ketones (excluding diaryl/α,β-unsaturated/α-hetero) is 1. The minimum Gasteiger partial charge on any atom is -0.359 e. The van der Waals surface area contributed by atoms with Crippen LogP contribution in [0.4, 0.5) is 0 Å². The van der Waals surface area contributed by atoms with Crippen LogP contribution in [0, 0.1) is 0 Å². The lowest BCUT2D eigenvalue weighted by Crippen LogP contribution is -1.90. The van der Waals surface area contributed by atoms with Gasteiger partial charge in [0, 0.05) is 13.1 Å². The molecule has 0 aliphatic heterocycles. The zero-order valence-electron chi connectivity index (χ0n) is 12.5. The second kappa shape index (κ2) is 11.1. The second-order valence-electron chi connectivity index (χ2n) is 4.85. The maximum absolute atomic E-state index is 11.0. The Morgan fingerprint density at radius 3 is 2.22 bits per heavy atom. The number of nitrogens with one attached hydrogen (secondary N) is 1. The molecule has 1 heterocycles. The number of hydrogen-bond acceptors (Lipinski definition) is 1. The number of aromatic nitrogens is 1. The average molecular weight is 251 g/mol. The maximum Gasteiger partial charge on any atom is 0.175 e. The van der Waals surface area contributed by atoms with Crippen LogP contribution in [0.1, 0.15) is 82.3 Å². The van der Waals surface area contributed by atoms with Gasteiger partial charge in [0.25, 0.3) is 0 Å². The molecule has 18 heavy (non-hydrogen) atoms. The topological polar surface area (TPSA) is 32.9 Å². The number of carbonyl (C=O) groups excluding carboxylic acids is 1. The van der Waals surface area contributed by atoms with Gasteiger partial charge >= 0.3 is 0 Å². The van der Waals surface area contributed by atoms with Gasteiger partial charge in [-0.05, 0) is 24.5 Å². The van der Waals surface area contributed by atoms with Crippen LogP contribution >= 0.6 is 0 Å². The van der Waals surface area contributed by atoms with E-state index in [1.54, 1.807) is 6.92 Å². The van der Waals surface area contributed by atoms with E-state index < -0.39 is 0 Å². The van der Waals surface area contributed by atoms with Crippen LogP contribution in [0.25, 0.3) is 0 Å². The van der Waals surface area contributed by atoms with Gasteiger partial charge in [-0.3, -0.25) is 4.79 Å². The molecule has 0 unspecified atom stereocenters. The quantitative estimate of drug-likeness (QED) is 0.528. The molecule has 1 aromatic rings. The monoisotopic (exact) mass is 251 g/mol. The summed E-state index contributed by atoms with van der Waals surface area (Å²) < 4.78 is 0. The minimum atomic E-state index is 0.118. The molecule has 0 saturated carbocycles. The lowest BCUT2D eigenvalue weighted by atomic mass is 10.1. The Morgan fingerprint density at radius 1 is 1.11 bits per heavy atom. The molecule has 1 N–H and O–H groups in total. The van der Waals surface area contributed by atoms with E-state index in [0.717, 1.165) is 12.1 Å². The first kappa shape index (κ1) is 16.9. The predicted octanol–water partition coefficient (Wildman–Crippen LogP) is 5.15. The summed E-state index contributed by atoms with van der Waals surface area (Å²) in [5.74, 6) is 0.118. The van der Waals surface area contributed by atoms with Crippen LogP contribution in [0.2, 0.25) is 0 Å². The number of aromatic amines is 1. The molecule has 0 aliphatic rings. The van der Waals surface area contributed by atoms with E-state index >= 15 is 0 Å². The van der Waals surface area contributed by atoms with Crippen molar-refractivity contribution in [3.63, 3.8) is 0 Å². The summed E-state index contributed by atoms with van der Waals surface area (Å²) in [7, 11) is 0. The minimum absolute atomic E-state index is 0.118. The molecule has 0 bridgehead atoms. The van der Waals surface area contributed by atoms with Gasteiger partial charge in [-0.1, -0.05) is 52.9 Å². The zero-order valence-corrected chi connectivity index (χ0v) is 12.5. The molecule has 2 nitrogen and oxygen atoms in total. The standard InChI is InChI=1S/C13H21NO.C3H8/c1-3-4-5-6-7-8-12-9-13(11(2)15)14-10-12;1-3-2/h9-10,14H,3-8H2,1-2H3;3H2,1-2H3. The summed E-state index contributed by atoms with van der Waals surface area (Å²) in [5, 5.41) is 0. The molecule has 2 heteroatoms.